The molecule has 8 atom stereocenters. The number of carbonyl (C=O) groups is 2. The average Bonchev–Trinajstić information content (AvgIpc) is 3.78. The summed E-state index contributed by atoms with van der Waals surface area (Å²) in [5, 5.41) is 27.0. The van der Waals surface area contributed by atoms with Crippen molar-refractivity contribution >= 4 is 34.6 Å². The van der Waals surface area contributed by atoms with Crippen LogP contribution in [0.1, 0.15) is 75.8 Å². The fraction of sp³-hybridized carbons (Fsp3) is 0.488. The normalized spacial score (nSPS) is 30.6. The lowest BCUT2D eigenvalue weighted by Crippen LogP contribution is -2.69. The Labute approximate surface area is 340 Å². The van der Waals surface area contributed by atoms with E-state index in [9.17, 15) is 15.0 Å². The number of aromatic amines is 1. The van der Waals surface area contributed by atoms with Crippen molar-refractivity contribution in [2.24, 2.45) is 0 Å². The van der Waals surface area contributed by atoms with Gasteiger partial charge in [0.05, 0.1) is 43.9 Å². The number of aromatic hydroxyl groups is 1. The lowest BCUT2D eigenvalue weighted by Gasteiger charge is -2.61. The third-order valence-electron chi connectivity index (χ3n) is 13.4. The van der Waals surface area contributed by atoms with E-state index in [1.165, 1.54) is 6.92 Å². The van der Waals surface area contributed by atoms with Crippen LogP contribution in [0.2, 0.25) is 0 Å². The van der Waals surface area contributed by atoms with Crippen molar-refractivity contribution in [2.75, 3.05) is 53.6 Å². The number of fused-ring (bicyclic) bond motifs is 8. The minimum atomic E-state index is -1.41. The summed E-state index contributed by atoms with van der Waals surface area (Å²) < 4.78 is 36.7. The third kappa shape index (κ3) is 5.06. The summed E-state index contributed by atoms with van der Waals surface area (Å²) in [7, 11) is 5.29. The van der Waals surface area contributed by atoms with Gasteiger partial charge in [0.1, 0.15) is 18.1 Å². The summed E-state index contributed by atoms with van der Waals surface area (Å²) in [6, 6.07) is 6.16. The summed E-state index contributed by atoms with van der Waals surface area (Å²) in [5.74, 6) is 1.92. The van der Waals surface area contributed by atoms with Crippen LogP contribution >= 0.6 is 11.8 Å². The van der Waals surface area contributed by atoms with E-state index in [0.29, 0.717) is 59.4 Å². The Morgan fingerprint density at radius 3 is 2.60 bits per heavy atom. The number of rotatable bonds is 4. The van der Waals surface area contributed by atoms with Crippen LogP contribution in [0.15, 0.2) is 24.3 Å². The number of benzene rings is 3. The summed E-state index contributed by atoms with van der Waals surface area (Å²) in [6.07, 6.45) is 1.08. The zero-order valence-corrected chi connectivity index (χ0v) is 34.4. The second-order valence-corrected chi connectivity index (χ2v) is 18.0. The summed E-state index contributed by atoms with van der Waals surface area (Å²) in [5.41, 5.74) is 5.35. The first-order chi connectivity index (χ1) is 27.8. The highest BCUT2D eigenvalue weighted by Crippen LogP contribution is 2.65. The minimum Gasteiger partial charge on any atom is -0.504 e. The molecule has 4 aromatic rings. The van der Waals surface area contributed by atoms with Gasteiger partial charge in [-0.2, -0.15) is 0 Å². The molecule has 8 aliphatic heterocycles. The van der Waals surface area contributed by atoms with E-state index in [2.05, 4.69) is 40.1 Å². The van der Waals surface area contributed by atoms with Gasteiger partial charge in [-0.15, -0.1) is 11.8 Å². The molecule has 2 fully saturated rings. The molecule has 15 heteroatoms. The number of nitrogens with one attached hydrogen (secondary N) is 2. The summed E-state index contributed by atoms with van der Waals surface area (Å²) >= 11 is 1.57. The van der Waals surface area contributed by atoms with Crippen molar-refractivity contribution < 1.29 is 48.2 Å². The fourth-order valence-corrected chi connectivity index (χ4v) is 13.0. The van der Waals surface area contributed by atoms with E-state index in [0.717, 1.165) is 44.3 Å². The van der Waals surface area contributed by atoms with Crippen LogP contribution < -0.4 is 29.0 Å². The standard InChI is InChI=1S/C43H48N4O10S/c1-19-10-22-13-42(4)16-46(5)32(29(22)34(50)35(19)53-7)33-39-31-30(38-37(55-18-56-38)20(2)36(31)57-21(3)49)28(47(33)42)15-54-41(51)43(17-58-39)40-26(11-23(14-48)45-43)25-12-24(52-6)8-9-27(25)44-40/h8-10,12,23,28,32-33,39,44-45,48,50H,11,13-18H2,1-7H3/t23-,28+,32+,33-,39-,42?,43-/m1/s1. The Balaban J connectivity index is 1.25. The molecule has 1 spiro atoms. The predicted molar refractivity (Wildman–Crippen MR) is 214 cm³/mol. The molecule has 4 bridgehead atoms. The van der Waals surface area contributed by atoms with Gasteiger partial charge in [0.2, 0.25) is 6.79 Å². The maximum absolute atomic E-state index is 15.1. The number of phenolic OH excluding ortho intramolecular Hbond substituents is 1. The van der Waals surface area contributed by atoms with E-state index in [1.54, 1.807) is 26.0 Å². The van der Waals surface area contributed by atoms with Crippen LogP contribution in [0.5, 0.6) is 34.5 Å². The number of carbonyl (C=O) groups excluding carboxylic acids is 2. The molecule has 0 radical (unpaired) electrons. The van der Waals surface area contributed by atoms with Crippen LogP contribution in [0.4, 0.5) is 0 Å². The second-order valence-electron chi connectivity index (χ2n) is 16.9. The predicted octanol–water partition coefficient (Wildman–Crippen LogP) is 4.62. The van der Waals surface area contributed by atoms with Gasteiger partial charge >= 0.3 is 11.9 Å². The molecule has 2 unspecified atom stereocenters. The topological polar surface area (TPSA) is 164 Å². The maximum Gasteiger partial charge on any atom is 0.333 e. The molecule has 3 aromatic carbocycles. The first-order valence-corrected chi connectivity index (χ1v) is 20.8. The molecule has 0 amide bonds. The number of aliphatic hydroxyl groups is 1. The number of hydrogen-bond acceptors (Lipinski definition) is 14. The van der Waals surface area contributed by atoms with Crippen molar-refractivity contribution in [3.8, 4) is 34.5 Å². The highest BCUT2D eigenvalue weighted by molar-refractivity contribution is 7.99. The number of H-pyrrole nitrogens is 1. The number of likely N-dealkylation sites (N-methyl/N-ethyl adjacent to an activating group) is 1. The number of methoxy groups -OCH3 is 2. The number of esters is 2. The van der Waals surface area contributed by atoms with Gasteiger partial charge in [-0.1, -0.05) is 6.07 Å². The molecule has 12 rings (SSSR count). The number of ether oxygens (including phenoxy) is 6. The first kappa shape index (κ1) is 37.6. The highest BCUT2D eigenvalue weighted by Gasteiger charge is 2.63. The van der Waals surface area contributed by atoms with Gasteiger partial charge in [-0.05, 0) is 75.5 Å². The Hall–Kier alpha value is -4.67. The number of nitrogens with zero attached hydrogens (tertiary/aromatic N) is 2. The molecule has 0 saturated carbocycles. The number of phenols is 1. The van der Waals surface area contributed by atoms with Gasteiger partial charge in [0.25, 0.3) is 0 Å². The van der Waals surface area contributed by atoms with Crippen molar-refractivity contribution in [1.29, 1.82) is 0 Å². The van der Waals surface area contributed by atoms with E-state index >= 15 is 4.79 Å². The Morgan fingerprint density at radius 2 is 1.86 bits per heavy atom. The van der Waals surface area contributed by atoms with E-state index in [1.807, 2.05) is 32.0 Å². The van der Waals surface area contributed by atoms with E-state index in [4.69, 9.17) is 28.4 Å². The summed E-state index contributed by atoms with van der Waals surface area (Å²) in [6.45, 7) is 7.83. The SMILES string of the molecule is COc1ccc2[nH]c3c(c2c1)C[C@H](CO)N[C@]31CS[C@@H]2c3c(OC(C)=O)c(C)c4c(c3[C@H](COC1=O)N1[C@@H]2[C@@H]2c3c(cc(C)c(OC)c3O)CC1(C)CN2C)OCO4. The Kier molecular flexibility index (Phi) is 8.53. The molecule has 2 saturated heterocycles. The molecular formula is C43H48N4O10S. The van der Waals surface area contributed by atoms with Crippen LogP contribution in [0, 0.1) is 13.8 Å². The number of aliphatic hydroxyl groups excluding tert-OH is 1. The first-order valence-electron chi connectivity index (χ1n) is 19.7. The van der Waals surface area contributed by atoms with Crippen molar-refractivity contribution in [2.45, 2.75) is 81.0 Å². The smallest absolute Gasteiger partial charge is 0.333 e. The largest absolute Gasteiger partial charge is 0.504 e. The maximum atomic E-state index is 15.1. The van der Waals surface area contributed by atoms with Crippen molar-refractivity contribution in [3.63, 3.8) is 0 Å². The highest BCUT2D eigenvalue weighted by atomic mass is 32.2. The fourth-order valence-electron chi connectivity index (χ4n) is 11.4. The van der Waals surface area contributed by atoms with E-state index in [-0.39, 0.29) is 43.6 Å². The molecule has 0 aliphatic carbocycles. The number of thioether (sulfide) groups is 1. The van der Waals surface area contributed by atoms with Crippen LogP contribution in [-0.4, -0.2) is 108 Å². The molecule has 9 heterocycles. The molecule has 1 aromatic heterocycles. The zero-order chi connectivity index (χ0) is 40.6. The summed E-state index contributed by atoms with van der Waals surface area (Å²) in [4.78, 5) is 36.6. The molecule has 8 aliphatic rings. The molecule has 4 N–H and O–H groups in total. The van der Waals surface area contributed by atoms with Crippen LogP contribution in [0.3, 0.4) is 0 Å². The minimum absolute atomic E-state index is 0.00950. The number of hydrogen-bond donors (Lipinski definition) is 4. The van der Waals surface area contributed by atoms with Gasteiger partial charge < -0.3 is 43.6 Å². The molecule has 58 heavy (non-hydrogen) atoms. The molecular weight excluding hydrogens is 765 g/mol. The van der Waals surface area contributed by atoms with Gasteiger partial charge in [0.15, 0.2) is 28.5 Å². The average molecular weight is 813 g/mol. The lowest BCUT2D eigenvalue weighted by molar-refractivity contribution is -0.160. The van der Waals surface area contributed by atoms with Crippen LogP contribution in [0.25, 0.3) is 10.9 Å². The third-order valence-corrected chi connectivity index (χ3v) is 14.9. The second kappa shape index (κ2) is 13.2. The Bertz CT molecular complexity index is 2440. The van der Waals surface area contributed by atoms with Gasteiger partial charge in [-0.25, -0.2) is 4.79 Å². The zero-order valence-electron chi connectivity index (χ0n) is 33.6. The molecule has 14 nitrogen and oxygen atoms in total. The van der Waals surface area contributed by atoms with Crippen molar-refractivity contribution in [1.82, 2.24) is 20.1 Å². The Morgan fingerprint density at radius 1 is 1.07 bits per heavy atom. The quantitative estimate of drug-likeness (QED) is 0.167. The van der Waals surface area contributed by atoms with Crippen molar-refractivity contribution in [3.05, 3.63) is 68.9 Å². The van der Waals surface area contributed by atoms with Gasteiger partial charge in [0, 0.05) is 70.0 Å². The van der Waals surface area contributed by atoms with Gasteiger partial charge in [-0.3, -0.25) is 19.9 Å². The molecule has 306 valence electrons. The van der Waals surface area contributed by atoms with E-state index < -0.39 is 40.4 Å². The number of aryl methyl sites for hydroxylation is 1. The number of aromatic nitrogens is 1. The number of piperazine rings is 1. The monoisotopic (exact) mass is 812 g/mol. The lowest BCUT2D eigenvalue weighted by atomic mass is 9.76. The van der Waals surface area contributed by atoms with Crippen LogP contribution in [-0.2, 0) is 32.7 Å².